The molecule has 98 valence electrons. The van der Waals surface area contributed by atoms with Gasteiger partial charge < -0.3 is 10.2 Å². The Morgan fingerprint density at radius 2 is 2.16 bits per heavy atom. The van der Waals surface area contributed by atoms with E-state index in [-0.39, 0.29) is 0 Å². The van der Waals surface area contributed by atoms with Gasteiger partial charge in [0.2, 0.25) is 5.89 Å². The molecule has 0 saturated heterocycles. The number of anilines is 1. The van der Waals surface area contributed by atoms with E-state index in [0.717, 1.165) is 21.7 Å². The smallest absolute Gasteiger partial charge is 0.205 e. The predicted molar refractivity (Wildman–Crippen MR) is 77.4 cm³/mol. The van der Waals surface area contributed by atoms with E-state index < -0.39 is 0 Å². The Bertz CT molecular complexity index is 715. The lowest BCUT2D eigenvalue weighted by molar-refractivity contribution is 0.489. The molecular weight excluding hydrogens is 280 g/mol. The largest absolute Gasteiger partial charge is 0.445 e. The summed E-state index contributed by atoms with van der Waals surface area (Å²) in [7, 11) is 0. The summed E-state index contributed by atoms with van der Waals surface area (Å²) < 4.78 is 5.52. The topological polar surface area (TPSA) is 77.8 Å². The molecule has 7 heteroatoms. The van der Waals surface area contributed by atoms with Gasteiger partial charge in [-0.05, 0) is 25.3 Å². The summed E-state index contributed by atoms with van der Waals surface area (Å²) in [6, 6.07) is 1.94. The third kappa shape index (κ3) is 2.43. The Morgan fingerprint density at radius 1 is 1.32 bits per heavy atom. The van der Waals surface area contributed by atoms with Crippen LogP contribution in [0.15, 0.2) is 21.0 Å². The fourth-order valence-corrected chi connectivity index (χ4v) is 3.17. The van der Waals surface area contributed by atoms with E-state index in [1.807, 2.05) is 25.3 Å². The van der Waals surface area contributed by atoms with Crippen LogP contribution in [0, 0.1) is 13.8 Å². The van der Waals surface area contributed by atoms with E-state index in [9.17, 15) is 0 Å². The monoisotopic (exact) mass is 292 g/mol. The second-order valence-electron chi connectivity index (χ2n) is 4.07. The number of thioether (sulfide) groups is 1. The molecule has 0 bridgehead atoms. The molecule has 0 atom stereocenters. The van der Waals surface area contributed by atoms with Gasteiger partial charge in [-0.1, -0.05) is 11.8 Å². The Hall–Kier alpha value is -1.60. The molecule has 5 nitrogen and oxygen atoms in total. The van der Waals surface area contributed by atoms with E-state index in [0.29, 0.717) is 22.6 Å². The number of aryl methyl sites for hydroxylation is 2. The Balaban J connectivity index is 1.81. The van der Waals surface area contributed by atoms with Gasteiger partial charge in [-0.25, -0.2) is 15.0 Å². The summed E-state index contributed by atoms with van der Waals surface area (Å²) in [5, 5.41) is 3.53. The molecule has 0 amide bonds. The number of hydrogen-bond donors (Lipinski definition) is 1. The lowest BCUT2D eigenvalue weighted by atomic mass is 10.4. The average molecular weight is 292 g/mol. The van der Waals surface area contributed by atoms with Crippen LogP contribution in [-0.2, 0) is 5.75 Å². The quantitative estimate of drug-likeness (QED) is 0.590. The molecule has 3 aromatic rings. The molecule has 19 heavy (non-hydrogen) atoms. The first-order valence-corrected chi connectivity index (χ1v) is 7.56. The molecule has 3 heterocycles. The number of hydrogen-bond acceptors (Lipinski definition) is 7. The minimum Gasteiger partial charge on any atom is -0.445 e. The third-order valence-electron chi connectivity index (χ3n) is 2.73. The van der Waals surface area contributed by atoms with Crippen molar-refractivity contribution >= 4 is 39.1 Å². The van der Waals surface area contributed by atoms with E-state index in [1.165, 1.54) is 11.8 Å². The standard InChI is InChI=1S/C12H12N4OS2/c1-6-7(2)17-9(14-6)5-19-12-15-10(13)8-3-4-18-11(8)16-12/h3-4H,5H2,1-2H3,(H2,13,15,16). The molecule has 0 fully saturated rings. The first-order chi connectivity index (χ1) is 9.13. The molecule has 3 aromatic heterocycles. The van der Waals surface area contributed by atoms with Crippen molar-refractivity contribution in [1.29, 1.82) is 0 Å². The van der Waals surface area contributed by atoms with Crippen molar-refractivity contribution < 1.29 is 4.42 Å². The zero-order chi connectivity index (χ0) is 13.4. The van der Waals surface area contributed by atoms with Gasteiger partial charge in [0.15, 0.2) is 5.16 Å². The summed E-state index contributed by atoms with van der Waals surface area (Å²) >= 11 is 3.04. The van der Waals surface area contributed by atoms with Gasteiger partial charge in [-0.3, -0.25) is 0 Å². The highest BCUT2D eigenvalue weighted by atomic mass is 32.2. The zero-order valence-electron chi connectivity index (χ0n) is 10.5. The van der Waals surface area contributed by atoms with Crippen LogP contribution >= 0.6 is 23.1 Å². The Kier molecular flexibility index (Phi) is 3.16. The molecule has 0 saturated carbocycles. The summed E-state index contributed by atoms with van der Waals surface area (Å²) in [5.41, 5.74) is 6.82. The van der Waals surface area contributed by atoms with Gasteiger partial charge in [0, 0.05) is 0 Å². The SMILES string of the molecule is Cc1nc(CSc2nc(N)c3ccsc3n2)oc1C. The number of nitrogens with zero attached hydrogens (tertiary/aromatic N) is 3. The number of aromatic nitrogens is 3. The number of thiophene rings is 1. The maximum atomic E-state index is 5.90. The molecule has 0 aliphatic carbocycles. The van der Waals surface area contributed by atoms with Crippen molar-refractivity contribution in [2.24, 2.45) is 0 Å². The van der Waals surface area contributed by atoms with Crippen LogP contribution in [0.1, 0.15) is 17.3 Å². The first kappa shape index (κ1) is 12.4. The molecule has 0 spiro atoms. The van der Waals surface area contributed by atoms with Crippen LogP contribution in [0.3, 0.4) is 0 Å². The summed E-state index contributed by atoms with van der Waals surface area (Å²) in [5.74, 6) is 2.66. The lowest BCUT2D eigenvalue weighted by Crippen LogP contribution is -1.95. The normalized spacial score (nSPS) is 11.3. The van der Waals surface area contributed by atoms with Crippen LogP contribution in [-0.4, -0.2) is 15.0 Å². The number of nitrogen functional groups attached to an aromatic ring is 1. The molecule has 0 aromatic carbocycles. The summed E-state index contributed by atoms with van der Waals surface area (Å²) in [6.07, 6.45) is 0. The summed E-state index contributed by atoms with van der Waals surface area (Å²) in [6.45, 7) is 3.84. The highest BCUT2D eigenvalue weighted by molar-refractivity contribution is 7.98. The fourth-order valence-electron chi connectivity index (χ4n) is 1.65. The van der Waals surface area contributed by atoms with Crippen LogP contribution in [0.5, 0.6) is 0 Å². The van der Waals surface area contributed by atoms with Crippen molar-refractivity contribution in [3.8, 4) is 0 Å². The van der Waals surface area contributed by atoms with E-state index in [4.69, 9.17) is 10.2 Å². The van der Waals surface area contributed by atoms with Crippen LogP contribution < -0.4 is 5.73 Å². The lowest BCUT2D eigenvalue weighted by Gasteiger charge is -2.00. The van der Waals surface area contributed by atoms with Crippen molar-refractivity contribution in [1.82, 2.24) is 15.0 Å². The van der Waals surface area contributed by atoms with Crippen molar-refractivity contribution in [2.75, 3.05) is 5.73 Å². The number of oxazole rings is 1. The number of nitrogens with two attached hydrogens (primary N) is 1. The highest BCUT2D eigenvalue weighted by Crippen LogP contribution is 2.27. The van der Waals surface area contributed by atoms with E-state index in [2.05, 4.69) is 15.0 Å². The number of fused-ring (bicyclic) bond motifs is 1. The molecule has 2 N–H and O–H groups in total. The fraction of sp³-hybridized carbons (Fsp3) is 0.250. The number of rotatable bonds is 3. The highest BCUT2D eigenvalue weighted by Gasteiger charge is 2.10. The van der Waals surface area contributed by atoms with Crippen molar-refractivity contribution in [2.45, 2.75) is 24.8 Å². The van der Waals surface area contributed by atoms with E-state index >= 15 is 0 Å². The minimum atomic E-state index is 0.522. The Labute approximate surface area is 118 Å². The van der Waals surface area contributed by atoms with E-state index in [1.54, 1.807) is 11.3 Å². The molecule has 0 aliphatic rings. The van der Waals surface area contributed by atoms with Gasteiger partial charge in [-0.2, -0.15) is 0 Å². The molecule has 0 aliphatic heterocycles. The van der Waals surface area contributed by atoms with Gasteiger partial charge in [0.1, 0.15) is 16.4 Å². The predicted octanol–water partition coefficient (Wildman–Crippen LogP) is 3.17. The van der Waals surface area contributed by atoms with Crippen molar-refractivity contribution in [3.63, 3.8) is 0 Å². The second kappa shape index (κ2) is 4.82. The zero-order valence-corrected chi connectivity index (χ0v) is 12.1. The maximum absolute atomic E-state index is 5.90. The van der Waals surface area contributed by atoms with Crippen molar-refractivity contribution in [3.05, 3.63) is 28.8 Å². The van der Waals surface area contributed by atoms with Gasteiger partial charge >= 0.3 is 0 Å². The van der Waals surface area contributed by atoms with Gasteiger partial charge in [0.25, 0.3) is 0 Å². The van der Waals surface area contributed by atoms with Crippen LogP contribution in [0.2, 0.25) is 0 Å². The minimum absolute atomic E-state index is 0.522. The Morgan fingerprint density at radius 3 is 2.89 bits per heavy atom. The van der Waals surface area contributed by atoms with Crippen LogP contribution in [0.25, 0.3) is 10.2 Å². The maximum Gasteiger partial charge on any atom is 0.205 e. The molecule has 0 unspecified atom stereocenters. The molecule has 3 rings (SSSR count). The second-order valence-corrected chi connectivity index (χ2v) is 5.91. The average Bonchev–Trinajstić information content (AvgIpc) is 2.95. The van der Waals surface area contributed by atoms with Gasteiger partial charge in [0.05, 0.1) is 16.8 Å². The first-order valence-electron chi connectivity index (χ1n) is 5.70. The van der Waals surface area contributed by atoms with Crippen LogP contribution in [0.4, 0.5) is 5.82 Å². The van der Waals surface area contributed by atoms with Gasteiger partial charge in [-0.15, -0.1) is 11.3 Å². The summed E-state index contributed by atoms with van der Waals surface area (Å²) in [4.78, 5) is 14.0. The third-order valence-corrected chi connectivity index (χ3v) is 4.37. The molecular formula is C12H12N4OS2. The molecule has 0 radical (unpaired) electrons.